The van der Waals surface area contributed by atoms with Gasteiger partial charge >= 0.3 is 18.0 Å². The molecule has 8 heteroatoms. The van der Waals surface area contributed by atoms with E-state index in [4.69, 9.17) is 21.4 Å². The number of hydrogen-bond donors (Lipinski definition) is 2. The van der Waals surface area contributed by atoms with Crippen molar-refractivity contribution >= 4 is 29.6 Å². The van der Waals surface area contributed by atoms with Crippen molar-refractivity contribution < 1.29 is 24.2 Å². The van der Waals surface area contributed by atoms with Gasteiger partial charge in [-0.25, -0.2) is 9.59 Å². The Kier molecular flexibility index (Phi) is 6.72. The van der Waals surface area contributed by atoms with Crippen LogP contribution in [0.3, 0.4) is 0 Å². The molecule has 2 amide bonds. The molecule has 0 aromatic heterocycles. The number of halogens is 1. The summed E-state index contributed by atoms with van der Waals surface area (Å²) in [5.74, 6) is -1.40. The van der Waals surface area contributed by atoms with Crippen LogP contribution in [0.1, 0.15) is 50.0 Å². The van der Waals surface area contributed by atoms with Gasteiger partial charge in [0.15, 0.2) is 0 Å². The molecule has 1 aliphatic heterocycles. The molecule has 1 unspecified atom stereocenters. The third kappa shape index (κ3) is 4.47. The molecule has 0 bridgehead atoms. The van der Waals surface area contributed by atoms with E-state index in [1.807, 2.05) is 20.8 Å². The Hall–Kier alpha value is -2.54. The van der Waals surface area contributed by atoms with Crippen molar-refractivity contribution in [3.8, 4) is 0 Å². The van der Waals surface area contributed by atoms with Gasteiger partial charge in [0.05, 0.1) is 29.2 Å². The van der Waals surface area contributed by atoms with Crippen molar-refractivity contribution in [1.82, 2.24) is 10.2 Å². The normalized spacial score (nSPS) is 19.3. The predicted molar refractivity (Wildman–Crippen MR) is 105 cm³/mol. The number of carboxylic acid groups (broad SMARTS) is 1. The van der Waals surface area contributed by atoms with Crippen molar-refractivity contribution in [2.24, 2.45) is 5.92 Å². The second-order valence-corrected chi connectivity index (χ2v) is 7.45. The van der Waals surface area contributed by atoms with E-state index in [-0.39, 0.29) is 36.1 Å². The highest BCUT2D eigenvalue weighted by Gasteiger charge is 2.40. The highest BCUT2D eigenvalue weighted by Crippen LogP contribution is 2.38. The van der Waals surface area contributed by atoms with Crippen LogP contribution in [0.15, 0.2) is 30.0 Å². The number of carboxylic acids is 1. The van der Waals surface area contributed by atoms with E-state index in [9.17, 15) is 14.4 Å². The fraction of sp³-hybridized carbons (Fsp3) is 0.450. The summed E-state index contributed by atoms with van der Waals surface area (Å²) in [4.78, 5) is 36.8. The lowest BCUT2D eigenvalue weighted by Gasteiger charge is -2.42. The molecule has 0 saturated heterocycles. The molecule has 0 saturated carbocycles. The highest BCUT2D eigenvalue weighted by atomic mass is 35.5. The summed E-state index contributed by atoms with van der Waals surface area (Å²) in [5, 5.41) is 12.1. The largest absolute Gasteiger partial charge is 0.481 e. The molecule has 7 nitrogen and oxygen atoms in total. The van der Waals surface area contributed by atoms with E-state index >= 15 is 0 Å². The van der Waals surface area contributed by atoms with Crippen molar-refractivity contribution in [1.29, 1.82) is 0 Å². The molecule has 1 aliphatic rings. The number of esters is 1. The Morgan fingerprint density at radius 1 is 1.36 bits per heavy atom. The number of amides is 2. The van der Waals surface area contributed by atoms with E-state index in [2.05, 4.69) is 5.32 Å². The molecule has 1 aromatic carbocycles. The van der Waals surface area contributed by atoms with Gasteiger partial charge in [0.1, 0.15) is 0 Å². The zero-order valence-corrected chi connectivity index (χ0v) is 17.2. The SMILES string of the molecule is CCOC(=O)c1ccc(C2(C)NC(=O)N(CCC(=O)O)C=C2C(C)C)cc1Cl. The monoisotopic (exact) mass is 408 g/mol. The van der Waals surface area contributed by atoms with Gasteiger partial charge < -0.3 is 20.1 Å². The topological polar surface area (TPSA) is 95.9 Å². The summed E-state index contributed by atoms with van der Waals surface area (Å²) in [6, 6.07) is 4.58. The van der Waals surface area contributed by atoms with E-state index in [0.717, 1.165) is 11.1 Å². The molecule has 2 N–H and O–H groups in total. The summed E-state index contributed by atoms with van der Waals surface area (Å²) in [6.45, 7) is 7.89. The van der Waals surface area contributed by atoms with Gasteiger partial charge in [-0.1, -0.05) is 31.5 Å². The zero-order chi connectivity index (χ0) is 21.1. The Bertz CT molecular complexity index is 821. The lowest BCUT2D eigenvalue weighted by atomic mass is 9.78. The van der Waals surface area contributed by atoms with Gasteiger partial charge in [-0.15, -0.1) is 0 Å². The van der Waals surface area contributed by atoms with Crippen LogP contribution in [0.5, 0.6) is 0 Å². The third-order valence-corrected chi connectivity index (χ3v) is 5.03. The molecule has 0 radical (unpaired) electrons. The fourth-order valence-corrected chi connectivity index (χ4v) is 3.52. The van der Waals surface area contributed by atoms with Crippen LogP contribution in [-0.4, -0.2) is 41.1 Å². The Balaban J connectivity index is 2.43. The third-order valence-electron chi connectivity index (χ3n) is 4.72. The summed E-state index contributed by atoms with van der Waals surface area (Å²) >= 11 is 6.31. The quantitative estimate of drug-likeness (QED) is 0.669. The number of hydrogen-bond acceptors (Lipinski definition) is 4. The van der Waals surface area contributed by atoms with Crippen LogP contribution < -0.4 is 5.32 Å². The second-order valence-electron chi connectivity index (χ2n) is 7.05. The summed E-state index contributed by atoms with van der Waals surface area (Å²) < 4.78 is 5.00. The number of urea groups is 1. The summed E-state index contributed by atoms with van der Waals surface area (Å²) in [6.07, 6.45) is 1.56. The number of aliphatic carboxylic acids is 1. The van der Waals surface area contributed by atoms with Crippen LogP contribution in [0.25, 0.3) is 0 Å². The number of nitrogens with zero attached hydrogens (tertiary/aromatic N) is 1. The molecule has 2 rings (SSSR count). The molecule has 0 fully saturated rings. The Morgan fingerprint density at radius 3 is 2.57 bits per heavy atom. The number of nitrogens with one attached hydrogen (secondary N) is 1. The second kappa shape index (κ2) is 8.65. The Morgan fingerprint density at radius 2 is 2.04 bits per heavy atom. The van der Waals surface area contributed by atoms with E-state index in [0.29, 0.717) is 0 Å². The minimum atomic E-state index is -0.970. The van der Waals surface area contributed by atoms with E-state index in [1.165, 1.54) is 4.90 Å². The first-order chi connectivity index (χ1) is 13.1. The molecule has 28 heavy (non-hydrogen) atoms. The number of carbonyl (C=O) groups is 3. The minimum absolute atomic E-state index is 0.0708. The predicted octanol–water partition coefficient (Wildman–Crippen LogP) is 3.77. The van der Waals surface area contributed by atoms with Gasteiger partial charge in [0.2, 0.25) is 0 Å². The lowest BCUT2D eigenvalue weighted by molar-refractivity contribution is -0.137. The van der Waals surface area contributed by atoms with Gasteiger partial charge in [-0.05, 0) is 43.0 Å². The van der Waals surface area contributed by atoms with Gasteiger partial charge in [-0.2, -0.15) is 0 Å². The average Bonchev–Trinajstić information content (AvgIpc) is 2.60. The van der Waals surface area contributed by atoms with Crippen LogP contribution in [0, 0.1) is 5.92 Å². The number of ether oxygens (including phenoxy) is 1. The molecule has 1 heterocycles. The first-order valence-electron chi connectivity index (χ1n) is 9.10. The fourth-order valence-electron chi connectivity index (χ4n) is 3.26. The number of rotatable bonds is 7. The zero-order valence-electron chi connectivity index (χ0n) is 16.4. The average molecular weight is 409 g/mol. The van der Waals surface area contributed by atoms with Crippen molar-refractivity contribution in [2.75, 3.05) is 13.2 Å². The van der Waals surface area contributed by atoms with Gasteiger partial charge in [0, 0.05) is 12.7 Å². The van der Waals surface area contributed by atoms with E-state index in [1.54, 1.807) is 31.3 Å². The maximum absolute atomic E-state index is 12.6. The van der Waals surface area contributed by atoms with Crippen molar-refractivity contribution in [2.45, 2.75) is 39.7 Å². The van der Waals surface area contributed by atoms with Crippen LogP contribution in [0.2, 0.25) is 5.02 Å². The van der Waals surface area contributed by atoms with Crippen LogP contribution >= 0.6 is 11.6 Å². The molecule has 0 spiro atoms. The van der Waals surface area contributed by atoms with Crippen molar-refractivity contribution in [3.63, 3.8) is 0 Å². The van der Waals surface area contributed by atoms with Crippen molar-refractivity contribution in [3.05, 3.63) is 46.1 Å². The molecule has 152 valence electrons. The number of carbonyl (C=O) groups excluding carboxylic acids is 2. The maximum atomic E-state index is 12.6. The van der Waals surface area contributed by atoms with Crippen LogP contribution in [0.4, 0.5) is 4.79 Å². The first-order valence-corrected chi connectivity index (χ1v) is 9.47. The lowest BCUT2D eigenvalue weighted by Crippen LogP contribution is -2.55. The smallest absolute Gasteiger partial charge is 0.339 e. The first kappa shape index (κ1) is 21.8. The van der Waals surface area contributed by atoms with Gasteiger partial charge in [-0.3, -0.25) is 4.79 Å². The van der Waals surface area contributed by atoms with E-state index < -0.39 is 23.5 Å². The number of benzene rings is 1. The summed E-state index contributed by atoms with van der Waals surface area (Å²) in [5.41, 5.74) is 1.03. The molecule has 1 atom stereocenters. The molecular formula is C20H25ClN2O5. The maximum Gasteiger partial charge on any atom is 0.339 e. The molecular weight excluding hydrogens is 384 g/mol. The van der Waals surface area contributed by atoms with Gasteiger partial charge in [0.25, 0.3) is 0 Å². The minimum Gasteiger partial charge on any atom is -0.481 e. The molecule has 0 aliphatic carbocycles. The summed E-state index contributed by atoms with van der Waals surface area (Å²) in [7, 11) is 0. The van der Waals surface area contributed by atoms with Crippen LogP contribution in [-0.2, 0) is 15.1 Å². The highest BCUT2D eigenvalue weighted by molar-refractivity contribution is 6.33. The standard InChI is InChI=1S/C20H25ClN2O5/c1-5-28-18(26)14-7-6-13(10-16(14)21)20(4)15(12(2)3)11-23(19(27)22-20)9-8-17(24)25/h6-7,10-12H,5,8-9H2,1-4H3,(H,22,27)(H,24,25). The Labute approximate surface area is 169 Å². The molecule has 1 aromatic rings.